The van der Waals surface area contributed by atoms with Gasteiger partial charge in [-0.15, -0.1) is 0 Å². The predicted octanol–water partition coefficient (Wildman–Crippen LogP) is 9.29. The third-order valence-electron chi connectivity index (χ3n) is 8.34. The molecule has 3 heteroatoms. The molecule has 0 saturated carbocycles. The minimum absolute atomic E-state index is 0.892. The smallest absolute Gasteiger partial charge is 0.0901 e. The SMILES string of the molecule is C1=Nc2c(cccc2-n2c3ccccc3c3c4c(ccc5c4c4ccccc4n5-c4ccccc4)ccc32)C1. The van der Waals surface area contributed by atoms with E-state index in [1.807, 2.05) is 6.21 Å². The molecule has 2 aromatic heterocycles. The Morgan fingerprint density at radius 3 is 1.87 bits per heavy atom. The van der Waals surface area contributed by atoms with E-state index in [9.17, 15) is 0 Å². The van der Waals surface area contributed by atoms with Crippen molar-refractivity contribution in [3.05, 3.63) is 127 Å². The van der Waals surface area contributed by atoms with Crippen molar-refractivity contribution in [3.63, 3.8) is 0 Å². The Morgan fingerprint density at radius 2 is 1.13 bits per heavy atom. The molecule has 6 aromatic carbocycles. The van der Waals surface area contributed by atoms with Gasteiger partial charge in [0.15, 0.2) is 0 Å². The Balaban J connectivity index is 1.52. The molecule has 0 bridgehead atoms. The lowest BCUT2D eigenvalue weighted by atomic mass is 9.98. The maximum absolute atomic E-state index is 4.81. The van der Waals surface area contributed by atoms with Crippen LogP contribution in [-0.4, -0.2) is 15.3 Å². The van der Waals surface area contributed by atoms with Crippen LogP contribution in [0.1, 0.15) is 5.56 Å². The Kier molecular flexibility index (Phi) is 4.11. The van der Waals surface area contributed by atoms with Gasteiger partial charge in [-0.3, -0.25) is 4.99 Å². The number of benzene rings is 6. The van der Waals surface area contributed by atoms with Crippen molar-refractivity contribution in [2.45, 2.75) is 6.42 Å². The minimum atomic E-state index is 0.892. The molecule has 182 valence electrons. The van der Waals surface area contributed by atoms with Crippen molar-refractivity contribution in [2.24, 2.45) is 4.99 Å². The van der Waals surface area contributed by atoms with Crippen molar-refractivity contribution in [1.29, 1.82) is 0 Å². The summed E-state index contributed by atoms with van der Waals surface area (Å²) in [6, 6.07) is 44.0. The molecule has 0 atom stereocenters. The summed E-state index contributed by atoms with van der Waals surface area (Å²) in [5.74, 6) is 0. The molecular formula is C36H23N3. The van der Waals surface area contributed by atoms with E-state index in [0.717, 1.165) is 17.8 Å². The number of hydrogen-bond acceptors (Lipinski definition) is 1. The summed E-state index contributed by atoms with van der Waals surface area (Å²) < 4.78 is 4.82. The van der Waals surface area contributed by atoms with Crippen molar-refractivity contribution in [2.75, 3.05) is 0 Å². The summed E-state index contributed by atoms with van der Waals surface area (Å²) in [5.41, 5.74) is 9.56. The summed E-state index contributed by atoms with van der Waals surface area (Å²) in [6.07, 6.45) is 2.92. The highest BCUT2D eigenvalue weighted by molar-refractivity contribution is 6.33. The van der Waals surface area contributed by atoms with Gasteiger partial charge in [0, 0.05) is 45.3 Å². The average molecular weight is 498 g/mol. The van der Waals surface area contributed by atoms with Crippen LogP contribution in [0.4, 0.5) is 5.69 Å². The van der Waals surface area contributed by atoms with Gasteiger partial charge in [-0.25, -0.2) is 0 Å². The standard InChI is InChI=1S/C36H23N3/c1-2-10-25(11-3-1)38-28-14-6-4-12-26(28)34-30(38)19-17-23-18-20-31-35(33(23)34)27-13-5-7-15-29(27)39(31)32-16-8-9-24-21-22-37-36(24)32/h1-20,22H,21H2. The molecule has 8 aromatic rings. The maximum Gasteiger partial charge on any atom is 0.0901 e. The maximum atomic E-state index is 4.81. The summed E-state index contributed by atoms with van der Waals surface area (Å²) in [6.45, 7) is 0. The van der Waals surface area contributed by atoms with Crippen molar-refractivity contribution in [3.8, 4) is 11.4 Å². The first-order valence-corrected chi connectivity index (χ1v) is 13.5. The van der Waals surface area contributed by atoms with Gasteiger partial charge in [-0.05, 0) is 53.4 Å². The van der Waals surface area contributed by atoms with E-state index in [4.69, 9.17) is 4.99 Å². The number of aromatic nitrogens is 2. The molecule has 0 N–H and O–H groups in total. The molecule has 0 radical (unpaired) electrons. The fourth-order valence-electron chi connectivity index (χ4n) is 6.76. The molecule has 0 saturated heterocycles. The molecule has 3 nitrogen and oxygen atoms in total. The zero-order chi connectivity index (χ0) is 25.5. The molecular weight excluding hydrogens is 474 g/mol. The summed E-state index contributed by atoms with van der Waals surface area (Å²) in [5, 5.41) is 7.70. The largest absolute Gasteiger partial charge is 0.309 e. The highest BCUT2D eigenvalue weighted by Crippen LogP contribution is 2.45. The van der Waals surface area contributed by atoms with E-state index in [-0.39, 0.29) is 0 Å². The van der Waals surface area contributed by atoms with Gasteiger partial charge in [0.2, 0.25) is 0 Å². The third kappa shape index (κ3) is 2.74. The number of para-hydroxylation sites is 4. The van der Waals surface area contributed by atoms with E-state index < -0.39 is 0 Å². The van der Waals surface area contributed by atoms with Gasteiger partial charge in [0.1, 0.15) is 0 Å². The molecule has 3 heterocycles. The fourth-order valence-corrected chi connectivity index (χ4v) is 6.76. The Labute approximate surface area is 224 Å². The van der Waals surface area contributed by atoms with Crippen LogP contribution in [0.15, 0.2) is 126 Å². The number of hydrogen-bond donors (Lipinski definition) is 0. The van der Waals surface area contributed by atoms with Gasteiger partial charge in [-0.2, -0.15) is 0 Å². The van der Waals surface area contributed by atoms with Crippen LogP contribution < -0.4 is 0 Å². The van der Waals surface area contributed by atoms with Gasteiger partial charge in [0.05, 0.1) is 33.4 Å². The first-order chi connectivity index (χ1) is 19.4. The number of rotatable bonds is 2. The van der Waals surface area contributed by atoms with E-state index in [1.165, 1.54) is 65.6 Å². The highest BCUT2D eigenvalue weighted by Gasteiger charge is 2.22. The van der Waals surface area contributed by atoms with Crippen molar-refractivity contribution >= 4 is 66.3 Å². The molecule has 9 rings (SSSR count). The topological polar surface area (TPSA) is 22.2 Å². The normalized spacial score (nSPS) is 12.9. The second-order valence-electron chi connectivity index (χ2n) is 10.4. The zero-order valence-electron chi connectivity index (χ0n) is 21.2. The van der Waals surface area contributed by atoms with Gasteiger partial charge < -0.3 is 9.13 Å². The monoisotopic (exact) mass is 497 g/mol. The first-order valence-electron chi connectivity index (χ1n) is 13.5. The molecule has 1 aliphatic rings. The van der Waals surface area contributed by atoms with Crippen LogP contribution in [0.2, 0.25) is 0 Å². The minimum Gasteiger partial charge on any atom is -0.309 e. The van der Waals surface area contributed by atoms with Crippen LogP contribution in [0.3, 0.4) is 0 Å². The summed E-state index contributed by atoms with van der Waals surface area (Å²) >= 11 is 0. The van der Waals surface area contributed by atoms with Crippen LogP contribution in [0.5, 0.6) is 0 Å². The van der Waals surface area contributed by atoms with Gasteiger partial charge >= 0.3 is 0 Å². The number of nitrogens with zero attached hydrogens (tertiary/aromatic N) is 3. The van der Waals surface area contributed by atoms with Crippen LogP contribution in [0, 0.1) is 0 Å². The van der Waals surface area contributed by atoms with E-state index in [0.29, 0.717) is 0 Å². The highest BCUT2D eigenvalue weighted by atomic mass is 15.0. The second-order valence-corrected chi connectivity index (χ2v) is 10.4. The zero-order valence-corrected chi connectivity index (χ0v) is 21.2. The molecule has 0 spiro atoms. The average Bonchev–Trinajstić information content (AvgIpc) is 3.70. The summed E-state index contributed by atoms with van der Waals surface area (Å²) in [7, 11) is 0. The lowest BCUT2D eigenvalue weighted by Gasteiger charge is -2.12. The number of fused-ring (bicyclic) bond motifs is 10. The van der Waals surface area contributed by atoms with E-state index in [1.54, 1.807) is 0 Å². The Bertz CT molecular complexity index is 2300. The molecule has 0 fully saturated rings. The second kappa shape index (κ2) is 7.68. The van der Waals surface area contributed by atoms with E-state index in [2.05, 4.69) is 130 Å². The van der Waals surface area contributed by atoms with Gasteiger partial charge in [0.25, 0.3) is 0 Å². The molecule has 0 unspecified atom stereocenters. The van der Waals surface area contributed by atoms with Crippen molar-refractivity contribution in [1.82, 2.24) is 9.13 Å². The van der Waals surface area contributed by atoms with Crippen LogP contribution >= 0.6 is 0 Å². The molecule has 0 amide bonds. The molecule has 39 heavy (non-hydrogen) atoms. The van der Waals surface area contributed by atoms with Gasteiger partial charge in [-0.1, -0.05) is 78.9 Å². The first kappa shape index (κ1) is 20.9. The van der Waals surface area contributed by atoms with Crippen LogP contribution in [-0.2, 0) is 6.42 Å². The fraction of sp³-hybridized carbons (Fsp3) is 0.0278. The lowest BCUT2D eigenvalue weighted by Crippen LogP contribution is -1.95. The number of aliphatic imine (C=N–C) groups is 1. The predicted molar refractivity (Wildman–Crippen MR) is 164 cm³/mol. The summed E-state index contributed by atoms with van der Waals surface area (Å²) in [4.78, 5) is 4.81. The lowest BCUT2D eigenvalue weighted by molar-refractivity contribution is 1.17. The quantitative estimate of drug-likeness (QED) is 0.227. The molecule has 0 aliphatic carbocycles. The third-order valence-corrected chi connectivity index (χ3v) is 8.34. The Hall–Kier alpha value is -5.15. The molecule has 1 aliphatic heterocycles. The van der Waals surface area contributed by atoms with Crippen LogP contribution in [0.25, 0.3) is 65.8 Å². The Morgan fingerprint density at radius 1 is 0.487 bits per heavy atom. The van der Waals surface area contributed by atoms with Crippen molar-refractivity contribution < 1.29 is 0 Å². The van der Waals surface area contributed by atoms with E-state index >= 15 is 0 Å².